The van der Waals surface area contributed by atoms with Gasteiger partial charge in [-0.1, -0.05) is 6.92 Å². The van der Waals surface area contributed by atoms with Crippen LogP contribution in [0.5, 0.6) is 0 Å². The molecule has 1 aliphatic rings. The first-order chi connectivity index (χ1) is 10.9. The van der Waals surface area contributed by atoms with Gasteiger partial charge in [0.1, 0.15) is 11.6 Å². The largest absolute Gasteiger partial charge is 0.355 e. The summed E-state index contributed by atoms with van der Waals surface area (Å²) in [6.45, 7) is 4.27. The number of likely N-dealkylation sites (N-methyl/N-ethyl adjacent to an activating group) is 1. The molecule has 1 aromatic rings. The van der Waals surface area contributed by atoms with Gasteiger partial charge in [0.05, 0.1) is 5.92 Å². The molecular formula is C16H21F2N3O2. The van der Waals surface area contributed by atoms with E-state index >= 15 is 0 Å². The van der Waals surface area contributed by atoms with E-state index in [1.165, 1.54) is 4.90 Å². The van der Waals surface area contributed by atoms with Gasteiger partial charge in [-0.3, -0.25) is 9.59 Å². The Kier molecular flexibility index (Phi) is 5.65. The average Bonchev–Trinajstić information content (AvgIpc) is 2.88. The quantitative estimate of drug-likeness (QED) is 0.860. The molecule has 126 valence electrons. The highest BCUT2D eigenvalue weighted by atomic mass is 19.1. The van der Waals surface area contributed by atoms with Crippen LogP contribution >= 0.6 is 0 Å². The summed E-state index contributed by atoms with van der Waals surface area (Å²) >= 11 is 0. The zero-order valence-electron chi connectivity index (χ0n) is 13.3. The van der Waals surface area contributed by atoms with Crippen LogP contribution in [0, 0.1) is 17.6 Å². The normalized spacial score (nSPS) is 17.9. The van der Waals surface area contributed by atoms with Gasteiger partial charge >= 0.3 is 0 Å². The molecule has 1 atom stereocenters. The smallest absolute Gasteiger partial charge is 0.227 e. The van der Waals surface area contributed by atoms with Crippen molar-refractivity contribution in [1.82, 2.24) is 10.2 Å². The molecule has 1 fully saturated rings. The van der Waals surface area contributed by atoms with Gasteiger partial charge in [-0.05, 0) is 25.7 Å². The lowest BCUT2D eigenvalue weighted by molar-refractivity contribution is -0.126. The number of hydrogen-bond acceptors (Lipinski definition) is 3. The van der Waals surface area contributed by atoms with Crippen LogP contribution in [0.25, 0.3) is 0 Å². The average molecular weight is 325 g/mol. The summed E-state index contributed by atoms with van der Waals surface area (Å²) in [5.41, 5.74) is 0.147. The Hall–Kier alpha value is -2.02. The fraction of sp³-hybridized carbons (Fsp3) is 0.500. The van der Waals surface area contributed by atoms with Crippen molar-refractivity contribution >= 4 is 17.5 Å². The van der Waals surface area contributed by atoms with Crippen LogP contribution in [0.1, 0.15) is 13.3 Å². The summed E-state index contributed by atoms with van der Waals surface area (Å²) in [6.07, 6.45) is 0.0492. The SMILES string of the molecule is CCN(C)CCNC(=O)[C@@H]1CC(=O)N(c2cc(F)cc(F)c2)C1. The fourth-order valence-electron chi connectivity index (χ4n) is 2.50. The highest BCUT2D eigenvalue weighted by molar-refractivity contribution is 6.00. The highest BCUT2D eigenvalue weighted by Crippen LogP contribution is 2.26. The topological polar surface area (TPSA) is 52.7 Å². The number of carbonyl (C=O) groups excluding carboxylic acids is 2. The lowest BCUT2D eigenvalue weighted by Crippen LogP contribution is -2.37. The van der Waals surface area contributed by atoms with Crippen molar-refractivity contribution in [1.29, 1.82) is 0 Å². The van der Waals surface area contributed by atoms with Crippen molar-refractivity contribution in [2.45, 2.75) is 13.3 Å². The van der Waals surface area contributed by atoms with Crippen LogP contribution in [-0.2, 0) is 9.59 Å². The van der Waals surface area contributed by atoms with E-state index in [2.05, 4.69) is 10.2 Å². The molecule has 0 aromatic heterocycles. The van der Waals surface area contributed by atoms with Gasteiger partial charge in [0.15, 0.2) is 0 Å². The fourth-order valence-corrected chi connectivity index (χ4v) is 2.50. The molecule has 7 heteroatoms. The van der Waals surface area contributed by atoms with Gasteiger partial charge in [-0.15, -0.1) is 0 Å². The second-order valence-corrected chi connectivity index (χ2v) is 5.72. The first kappa shape index (κ1) is 17.3. The van der Waals surface area contributed by atoms with E-state index < -0.39 is 17.6 Å². The molecule has 23 heavy (non-hydrogen) atoms. The molecule has 0 unspecified atom stereocenters. The Morgan fingerprint density at radius 2 is 2.00 bits per heavy atom. The summed E-state index contributed by atoms with van der Waals surface area (Å²) in [7, 11) is 1.95. The molecule has 2 amide bonds. The van der Waals surface area contributed by atoms with Gasteiger partial charge in [-0.25, -0.2) is 8.78 Å². The summed E-state index contributed by atoms with van der Waals surface area (Å²) in [5.74, 6) is -2.50. The Morgan fingerprint density at radius 1 is 1.35 bits per heavy atom. The second-order valence-electron chi connectivity index (χ2n) is 5.72. The third kappa shape index (κ3) is 4.48. The van der Waals surface area contributed by atoms with Gasteiger partial charge in [-0.2, -0.15) is 0 Å². The van der Waals surface area contributed by atoms with Gasteiger partial charge < -0.3 is 15.1 Å². The van der Waals surface area contributed by atoms with Gasteiger partial charge in [0, 0.05) is 37.8 Å². The summed E-state index contributed by atoms with van der Waals surface area (Å²) < 4.78 is 26.6. The monoisotopic (exact) mass is 325 g/mol. The third-order valence-electron chi connectivity index (χ3n) is 3.99. The van der Waals surface area contributed by atoms with Crippen molar-refractivity contribution in [2.24, 2.45) is 5.92 Å². The Bertz CT molecular complexity index is 574. The maximum Gasteiger partial charge on any atom is 0.227 e. The maximum atomic E-state index is 13.3. The Morgan fingerprint density at radius 3 is 2.61 bits per heavy atom. The number of nitrogens with one attached hydrogen (secondary N) is 1. The zero-order chi connectivity index (χ0) is 17.0. The van der Waals surface area contributed by atoms with E-state index in [-0.39, 0.29) is 30.5 Å². The Labute approximate surface area is 134 Å². The number of halogens is 2. The van der Waals surface area contributed by atoms with Crippen LogP contribution in [0.3, 0.4) is 0 Å². The molecule has 0 spiro atoms. The minimum atomic E-state index is -0.747. The molecule has 0 saturated carbocycles. The van der Waals surface area contributed by atoms with Crippen LogP contribution in [0.4, 0.5) is 14.5 Å². The predicted molar refractivity (Wildman–Crippen MR) is 83.0 cm³/mol. The molecule has 2 rings (SSSR count). The third-order valence-corrected chi connectivity index (χ3v) is 3.99. The van der Waals surface area contributed by atoms with E-state index in [1.54, 1.807) is 0 Å². The number of amides is 2. The Balaban J connectivity index is 1.95. The predicted octanol–water partition coefficient (Wildman–Crippen LogP) is 1.39. The van der Waals surface area contributed by atoms with Crippen molar-refractivity contribution < 1.29 is 18.4 Å². The number of nitrogens with zero attached hydrogens (tertiary/aromatic N) is 2. The van der Waals surface area contributed by atoms with Crippen LogP contribution < -0.4 is 10.2 Å². The summed E-state index contributed by atoms with van der Waals surface area (Å²) in [6, 6.07) is 2.94. The number of hydrogen-bond donors (Lipinski definition) is 1. The van der Waals surface area contributed by atoms with E-state index in [9.17, 15) is 18.4 Å². The standard InChI is InChI=1S/C16H21F2N3O2/c1-3-20(2)5-4-19-16(23)11-6-15(22)21(10-11)14-8-12(17)7-13(18)9-14/h7-9,11H,3-6,10H2,1-2H3,(H,19,23)/t11-/m1/s1. The number of rotatable bonds is 6. The molecule has 0 bridgehead atoms. The van der Waals surface area contributed by atoms with E-state index in [1.807, 2.05) is 14.0 Å². The van der Waals surface area contributed by atoms with E-state index in [0.29, 0.717) is 6.54 Å². The molecule has 0 radical (unpaired) electrons. The zero-order valence-corrected chi connectivity index (χ0v) is 13.3. The van der Waals surface area contributed by atoms with E-state index in [0.717, 1.165) is 31.3 Å². The number of anilines is 1. The van der Waals surface area contributed by atoms with Crippen molar-refractivity contribution in [3.05, 3.63) is 29.8 Å². The molecule has 0 aliphatic carbocycles. The molecule has 1 saturated heterocycles. The lowest BCUT2D eigenvalue weighted by Gasteiger charge is -2.18. The number of carbonyl (C=O) groups is 2. The number of benzene rings is 1. The van der Waals surface area contributed by atoms with E-state index in [4.69, 9.17) is 0 Å². The van der Waals surface area contributed by atoms with Crippen LogP contribution in [-0.4, -0.2) is 49.9 Å². The summed E-state index contributed by atoms with van der Waals surface area (Å²) in [4.78, 5) is 27.5. The molecule has 1 N–H and O–H groups in total. The molecule has 1 aromatic carbocycles. The second kappa shape index (κ2) is 7.50. The lowest BCUT2D eigenvalue weighted by atomic mass is 10.1. The first-order valence-electron chi connectivity index (χ1n) is 7.63. The van der Waals surface area contributed by atoms with Crippen molar-refractivity contribution in [3.63, 3.8) is 0 Å². The van der Waals surface area contributed by atoms with Gasteiger partial charge in [0.25, 0.3) is 0 Å². The summed E-state index contributed by atoms with van der Waals surface area (Å²) in [5, 5.41) is 2.80. The minimum absolute atomic E-state index is 0.0492. The molecular weight excluding hydrogens is 304 g/mol. The molecule has 1 heterocycles. The maximum absolute atomic E-state index is 13.3. The molecule has 1 aliphatic heterocycles. The molecule has 5 nitrogen and oxygen atoms in total. The van der Waals surface area contributed by atoms with Crippen LogP contribution in [0.15, 0.2) is 18.2 Å². The first-order valence-corrected chi connectivity index (χ1v) is 7.63. The highest BCUT2D eigenvalue weighted by Gasteiger charge is 2.35. The van der Waals surface area contributed by atoms with Gasteiger partial charge in [0.2, 0.25) is 11.8 Å². The van der Waals surface area contributed by atoms with Crippen LogP contribution in [0.2, 0.25) is 0 Å². The van der Waals surface area contributed by atoms with Crippen molar-refractivity contribution in [2.75, 3.05) is 38.1 Å². The minimum Gasteiger partial charge on any atom is -0.355 e. The van der Waals surface area contributed by atoms with Crippen molar-refractivity contribution in [3.8, 4) is 0 Å².